The van der Waals surface area contributed by atoms with E-state index in [-0.39, 0.29) is 18.6 Å². The first-order valence-corrected chi connectivity index (χ1v) is 11.3. The Morgan fingerprint density at radius 1 is 0.972 bits per heavy atom. The molecule has 0 aliphatic heterocycles. The molecule has 4 atom stereocenters. The van der Waals surface area contributed by atoms with Crippen molar-refractivity contribution in [3.05, 3.63) is 48.0 Å². The first kappa shape index (κ1) is 28.3. The Kier molecular flexibility index (Phi) is 10.4. The maximum Gasteiger partial charge on any atom is 0.326 e. The predicted octanol–water partition coefficient (Wildman–Crippen LogP) is -1.58. The second-order valence-electron chi connectivity index (χ2n) is 8.63. The number of benzene rings is 1. The number of aliphatic hydroxyl groups is 1. The lowest BCUT2D eigenvalue weighted by atomic mass is 10.0. The summed E-state index contributed by atoms with van der Waals surface area (Å²) in [7, 11) is 0. The molecule has 196 valence electrons. The van der Waals surface area contributed by atoms with Crippen molar-refractivity contribution in [2.24, 2.45) is 11.7 Å². The SMILES string of the molecule is CC(C)C(NC(=O)C(Cc1ccc(O)cc1)NC(=O)C(Cc1cnc[nH]1)NC(=O)C(N)CO)C(=O)O. The molecule has 1 heterocycles. The number of carbonyl (C=O) groups is 4. The number of nitrogens with one attached hydrogen (secondary N) is 4. The van der Waals surface area contributed by atoms with E-state index in [4.69, 9.17) is 10.8 Å². The number of carboxylic acid groups (broad SMARTS) is 1. The van der Waals surface area contributed by atoms with Gasteiger partial charge in [-0.05, 0) is 23.6 Å². The van der Waals surface area contributed by atoms with E-state index in [0.717, 1.165) is 0 Å². The van der Waals surface area contributed by atoms with Crippen molar-refractivity contribution in [1.29, 1.82) is 0 Å². The second-order valence-corrected chi connectivity index (χ2v) is 8.63. The number of hydrogen-bond donors (Lipinski definition) is 8. The second kappa shape index (κ2) is 13.2. The number of aliphatic carboxylic acids is 1. The lowest BCUT2D eigenvalue weighted by Gasteiger charge is -2.26. The summed E-state index contributed by atoms with van der Waals surface area (Å²) in [5.41, 5.74) is 6.66. The van der Waals surface area contributed by atoms with Crippen molar-refractivity contribution in [3.63, 3.8) is 0 Å². The molecule has 4 unspecified atom stereocenters. The molecule has 2 aromatic rings. The molecule has 0 fully saturated rings. The average molecular weight is 505 g/mol. The van der Waals surface area contributed by atoms with Crippen LogP contribution in [0.15, 0.2) is 36.8 Å². The van der Waals surface area contributed by atoms with Crippen molar-refractivity contribution in [1.82, 2.24) is 25.9 Å². The number of amides is 3. The van der Waals surface area contributed by atoms with Crippen LogP contribution in [0, 0.1) is 5.92 Å². The van der Waals surface area contributed by atoms with Gasteiger partial charge in [-0.15, -0.1) is 0 Å². The number of aromatic amines is 1. The van der Waals surface area contributed by atoms with E-state index in [1.54, 1.807) is 26.0 Å². The Balaban J connectivity index is 2.29. The standard InChI is InChI=1S/C23H32N6O7/c1-12(2)19(23(35)36)29-22(34)17(7-13-3-5-15(31)6-4-13)28-21(33)18(8-14-9-25-11-26-14)27-20(32)16(24)10-30/h3-6,9,11-12,16-19,30-31H,7-8,10,24H2,1-2H3,(H,25,26)(H,27,32)(H,28,33)(H,29,34)(H,35,36). The van der Waals surface area contributed by atoms with Gasteiger partial charge in [0.25, 0.3) is 0 Å². The van der Waals surface area contributed by atoms with Gasteiger partial charge in [0.05, 0.1) is 12.9 Å². The van der Waals surface area contributed by atoms with Gasteiger partial charge in [0, 0.05) is 24.7 Å². The molecule has 0 aliphatic rings. The predicted molar refractivity (Wildman–Crippen MR) is 127 cm³/mol. The summed E-state index contributed by atoms with van der Waals surface area (Å²) in [5, 5.41) is 35.7. The molecule has 13 nitrogen and oxygen atoms in total. The summed E-state index contributed by atoms with van der Waals surface area (Å²) >= 11 is 0. The minimum Gasteiger partial charge on any atom is -0.508 e. The number of rotatable bonds is 13. The first-order valence-electron chi connectivity index (χ1n) is 11.3. The quantitative estimate of drug-likeness (QED) is 0.157. The van der Waals surface area contributed by atoms with Gasteiger partial charge >= 0.3 is 5.97 Å². The molecule has 2 rings (SSSR count). The van der Waals surface area contributed by atoms with Crippen LogP contribution in [0.25, 0.3) is 0 Å². The molecule has 3 amide bonds. The van der Waals surface area contributed by atoms with Crippen molar-refractivity contribution >= 4 is 23.7 Å². The third-order valence-corrected chi connectivity index (χ3v) is 5.38. The molecule has 0 bridgehead atoms. The highest BCUT2D eigenvalue weighted by Crippen LogP contribution is 2.12. The van der Waals surface area contributed by atoms with Gasteiger partial charge in [0.15, 0.2) is 0 Å². The Labute approximate surface area is 207 Å². The number of aliphatic hydroxyl groups excluding tert-OH is 1. The largest absolute Gasteiger partial charge is 0.508 e. The van der Waals surface area contributed by atoms with Crippen LogP contribution in [-0.4, -0.2) is 79.8 Å². The van der Waals surface area contributed by atoms with E-state index in [9.17, 15) is 29.4 Å². The smallest absolute Gasteiger partial charge is 0.326 e. The van der Waals surface area contributed by atoms with Crippen molar-refractivity contribution in [3.8, 4) is 5.75 Å². The summed E-state index contributed by atoms with van der Waals surface area (Å²) in [6.45, 7) is 2.63. The Morgan fingerprint density at radius 3 is 2.08 bits per heavy atom. The minimum absolute atomic E-state index is 0.0112. The van der Waals surface area contributed by atoms with Crippen molar-refractivity contribution in [2.75, 3.05) is 6.61 Å². The van der Waals surface area contributed by atoms with Crippen LogP contribution in [0.4, 0.5) is 0 Å². The Morgan fingerprint density at radius 2 is 1.56 bits per heavy atom. The van der Waals surface area contributed by atoms with E-state index < -0.39 is 60.4 Å². The molecule has 1 aromatic carbocycles. The zero-order valence-electron chi connectivity index (χ0n) is 20.0. The molecule has 0 aliphatic carbocycles. The van der Waals surface area contributed by atoms with Crippen LogP contribution in [-0.2, 0) is 32.0 Å². The lowest BCUT2D eigenvalue weighted by Crippen LogP contribution is -2.58. The molecule has 13 heteroatoms. The topological polar surface area (TPSA) is 220 Å². The molecular weight excluding hydrogens is 472 g/mol. The fourth-order valence-corrected chi connectivity index (χ4v) is 3.30. The van der Waals surface area contributed by atoms with Crippen molar-refractivity contribution < 1.29 is 34.5 Å². The fourth-order valence-electron chi connectivity index (χ4n) is 3.30. The number of aromatic nitrogens is 2. The molecule has 0 spiro atoms. The van der Waals surface area contributed by atoms with E-state index in [1.165, 1.54) is 24.7 Å². The number of phenols is 1. The van der Waals surface area contributed by atoms with E-state index in [2.05, 4.69) is 25.9 Å². The van der Waals surface area contributed by atoms with Crippen LogP contribution >= 0.6 is 0 Å². The molecule has 0 saturated heterocycles. The zero-order chi connectivity index (χ0) is 26.8. The maximum atomic E-state index is 13.2. The fraction of sp³-hybridized carbons (Fsp3) is 0.435. The van der Waals surface area contributed by atoms with Crippen LogP contribution < -0.4 is 21.7 Å². The number of H-pyrrole nitrogens is 1. The minimum atomic E-state index is -1.26. The molecule has 1 aromatic heterocycles. The Bertz CT molecular complexity index is 1030. The molecule has 0 radical (unpaired) electrons. The highest BCUT2D eigenvalue weighted by atomic mass is 16.4. The van der Waals surface area contributed by atoms with Gasteiger partial charge in [-0.1, -0.05) is 26.0 Å². The van der Waals surface area contributed by atoms with Crippen LogP contribution in [0.5, 0.6) is 5.75 Å². The normalized spacial score (nSPS) is 14.4. The lowest BCUT2D eigenvalue weighted by molar-refractivity contribution is -0.143. The van der Waals surface area contributed by atoms with E-state index >= 15 is 0 Å². The summed E-state index contributed by atoms with van der Waals surface area (Å²) in [4.78, 5) is 56.9. The number of carbonyl (C=O) groups excluding carboxylic acids is 3. The first-order chi connectivity index (χ1) is 17.0. The molecule has 36 heavy (non-hydrogen) atoms. The number of phenolic OH excluding ortho intramolecular Hbond substituents is 1. The summed E-state index contributed by atoms with van der Waals surface area (Å²) in [5.74, 6) is -3.89. The van der Waals surface area contributed by atoms with Gasteiger partial charge in [0.1, 0.15) is 29.9 Å². The van der Waals surface area contributed by atoms with Crippen LogP contribution in [0.1, 0.15) is 25.1 Å². The molecular formula is C23H32N6O7. The summed E-state index contributed by atoms with van der Waals surface area (Å²) in [6.07, 6.45) is 2.81. The number of aromatic hydroxyl groups is 1. The molecule has 9 N–H and O–H groups in total. The van der Waals surface area contributed by atoms with Gasteiger partial charge in [0.2, 0.25) is 17.7 Å². The number of carboxylic acids is 1. The number of hydrogen-bond acceptors (Lipinski definition) is 8. The maximum absolute atomic E-state index is 13.2. The summed E-state index contributed by atoms with van der Waals surface area (Å²) < 4.78 is 0. The Hall–Kier alpha value is -3.97. The number of imidazole rings is 1. The van der Waals surface area contributed by atoms with Gasteiger partial charge < -0.3 is 42.0 Å². The van der Waals surface area contributed by atoms with E-state index in [1.807, 2.05) is 0 Å². The highest BCUT2D eigenvalue weighted by molar-refractivity contribution is 5.94. The number of nitrogens with two attached hydrogens (primary N) is 1. The number of nitrogens with zero attached hydrogens (tertiary/aromatic N) is 1. The highest BCUT2D eigenvalue weighted by Gasteiger charge is 2.31. The third-order valence-electron chi connectivity index (χ3n) is 5.38. The van der Waals surface area contributed by atoms with Gasteiger partial charge in [-0.25, -0.2) is 9.78 Å². The monoisotopic (exact) mass is 504 g/mol. The zero-order valence-corrected chi connectivity index (χ0v) is 20.0. The summed E-state index contributed by atoms with van der Waals surface area (Å²) in [6, 6.07) is 1.09. The van der Waals surface area contributed by atoms with Gasteiger partial charge in [-0.2, -0.15) is 0 Å². The van der Waals surface area contributed by atoms with E-state index in [0.29, 0.717) is 11.3 Å². The van der Waals surface area contributed by atoms with Gasteiger partial charge in [-0.3, -0.25) is 14.4 Å². The third kappa shape index (κ3) is 8.36. The average Bonchev–Trinajstić information content (AvgIpc) is 3.34. The van der Waals surface area contributed by atoms with Crippen molar-refractivity contribution in [2.45, 2.75) is 50.9 Å². The van der Waals surface area contributed by atoms with Crippen LogP contribution in [0.3, 0.4) is 0 Å². The molecule has 0 saturated carbocycles. The van der Waals surface area contributed by atoms with Crippen LogP contribution in [0.2, 0.25) is 0 Å².